The van der Waals surface area contributed by atoms with Gasteiger partial charge in [0.05, 0.1) is 33.8 Å². The zero-order valence-electron chi connectivity index (χ0n) is 22.2. The van der Waals surface area contributed by atoms with Gasteiger partial charge in [-0.25, -0.2) is 9.98 Å². The molecule has 40 heavy (non-hydrogen) atoms. The van der Waals surface area contributed by atoms with Crippen molar-refractivity contribution in [3.63, 3.8) is 0 Å². The van der Waals surface area contributed by atoms with Crippen LogP contribution in [0.25, 0.3) is 22.2 Å². The van der Waals surface area contributed by atoms with E-state index in [1.165, 1.54) is 43.6 Å². The lowest BCUT2D eigenvalue weighted by Gasteiger charge is -2.14. The van der Waals surface area contributed by atoms with Crippen LogP contribution in [0.3, 0.4) is 0 Å². The summed E-state index contributed by atoms with van der Waals surface area (Å²) < 4.78 is 0. The highest BCUT2D eigenvalue weighted by molar-refractivity contribution is 6.22. The molecule has 9 heteroatoms. The SMILES string of the molecule is Cc1ncc(-c2ccc(N=C(c3ccc(CCN4CCCC4)cc3)c3c(O)[nH]c4ccc([N+](=O)[O-])cc34)cc2)[nH]1. The lowest BCUT2D eigenvalue weighted by Crippen LogP contribution is -2.21. The fourth-order valence-corrected chi connectivity index (χ4v) is 5.32. The molecule has 9 nitrogen and oxygen atoms in total. The first-order valence-electron chi connectivity index (χ1n) is 13.5. The largest absolute Gasteiger partial charge is 0.494 e. The quantitative estimate of drug-likeness (QED) is 0.123. The normalized spacial score (nSPS) is 14.3. The number of rotatable bonds is 8. The van der Waals surface area contributed by atoms with Crippen molar-refractivity contribution < 1.29 is 10.0 Å². The average Bonchev–Trinajstić information content (AvgIpc) is 3.71. The van der Waals surface area contributed by atoms with Crippen molar-refractivity contribution in [1.29, 1.82) is 0 Å². The van der Waals surface area contributed by atoms with Gasteiger partial charge in [0.25, 0.3) is 5.69 Å². The zero-order valence-corrected chi connectivity index (χ0v) is 22.2. The Morgan fingerprint density at radius 1 is 1.05 bits per heavy atom. The standard InChI is InChI=1S/C31H30N6O3/c1-20-32-19-28(33-20)22-8-10-24(11-9-22)34-30(23-6-4-21(5-7-23)14-17-36-15-2-3-16-36)29-26-18-25(37(39)40)12-13-27(26)35-31(29)38/h4-13,18-19,35,38H,2-3,14-17H2,1H3,(H,32,33). The van der Waals surface area contributed by atoms with Gasteiger partial charge in [0.2, 0.25) is 0 Å². The molecular weight excluding hydrogens is 504 g/mol. The number of non-ortho nitro benzene ring substituents is 1. The third kappa shape index (κ3) is 5.23. The van der Waals surface area contributed by atoms with E-state index >= 15 is 0 Å². The van der Waals surface area contributed by atoms with Gasteiger partial charge in [-0.3, -0.25) is 10.1 Å². The van der Waals surface area contributed by atoms with E-state index in [-0.39, 0.29) is 11.6 Å². The van der Waals surface area contributed by atoms with Crippen LogP contribution in [0.2, 0.25) is 0 Å². The summed E-state index contributed by atoms with van der Waals surface area (Å²) in [7, 11) is 0. The summed E-state index contributed by atoms with van der Waals surface area (Å²) in [5.74, 6) is 0.754. The molecule has 202 valence electrons. The highest BCUT2D eigenvalue weighted by atomic mass is 16.6. The van der Waals surface area contributed by atoms with Gasteiger partial charge in [-0.15, -0.1) is 0 Å². The van der Waals surface area contributed by atoms with E-state index in [4.69, 9.17) is 4.99 Å². The van der Waals surface area contributed by atoms with E-state index in [1.807, 2.05) is 43.3 Å². The molecule has 1 fully saturated rings. The molecule has 5 aromatic rings. The van der Waals surface area contributed by atoms with Crippen molar-refractivity contribution in [2.45, 2.75) is 26.2 Å². The van der Waals surface area contributed by atoms with Gasteiger partial charge < -0.3 is 20.0 Å². The number of likely N-dealkylation sites (tertiary alicyclic amines) is 1. The number of aromatic nitrogens is 3. The fourth-order valence-electron chi connectivity index (χ4n) is 5.32. The number of aromatic hydroxyl groups is 1. The van der Waals surface area contributed by atoms with Gasteiger partial charge in [0.15, 0.2) is 5.88 Å². The zero-order chi connectivity index (χ0) is 27.6. The Labute approximate surface area is 231 Å². The van der Waals surface area contributed by atoms with E-state index in [1.54, 1.807) is 12.3 Å². The Morgan fingerprint density at radius 3 is 2.48 bits per heavy atom. The Hall–Kier alpha value is -4.76. The Bertz CT molecular complexity index is 1690. The molecular formula is C31H30N6O3. The Balaban J connectivity index is 1.40. The highest BCUT2D eigenvalue weighted by Gasteiger charge is 2.21. The van der Waals surface area contributed by atoms with Gasteiger partial charge in [-0.1, -0.05) is 36.4 Å². The predicted molar refractivity (Wildman–Crippen MR) is 156 cm³/mol. The van der Waals surface area contributed by atoms with Crippen LogP contribution in [0.4, 0.5) is 11.4 Å². The molecule has 0 aliphatic carbocycles. The smallest absolute Gasteiger partial charge is 0.270 e. The van der Waals surface area contributed by atoms with E-state index in [0.29, 0.717) is 27.9 Å². The average molecular weight is 535 g/mol. The number of nitrogens with zero attached hydrogens (tertiary/aromatic N) is 4. The summed E-state index contributed by atoms with van der Waals surface area (Å²) in [5.41, 5.74) is 6.12. The molecule has 1 aliphatic rings. The minimum atomic E-state index is -0.435. The highest BCUT2D eigenvalue weighted by Crippen LogP contribution is 2.34. The maximum Gasteiger partial charge on any atom is 0.270 e. The molecule has 0 unspecified atom stereocenters. The monoisotopic (exact) mass is 534 g/mol. The molecule has 2 aromatic heterocycles. The molecule has 0 saturated carbocycles. The third-order valence-electron chi connectivity index (χ3n) is 7.47. The minimum Gasteiger partial charge on any atom is -0.494 e. The Morgan fingerprint density at radius 2 is 1.80 bits per heavy atom. The second-order valence-corrected chi connectivity index (χ2v) is 10.2. The number of nitrogens with one attached hydrogen (secondary N) is 2. The van der Waals surface area contributed by atoms with E-state index in [0.717, 1.165) is 35.6 Å². The molecule has 6 rings (SSSR count). The number of benzene rings is 3. The summed E-state index contributed by atoms with van der Waals surface area (Å²) in [6.45, 7) is 5.28. The van der Waals surface area contributed by atoms with E-state index in [2.05, 4.69) is 32.0 Å². The number of hydrogen-bond donors (Lipinski definition) is 3. The van der Waals surface area contributed by atoms with Gasteiger partial charge in [-0.05, 0) is 68.6 Å². The second kappa shape index (κ2) is 10.8. The van der Waals surface area contributed by atoms with Gasteiger partial charge >= 0.3 is 0 Å². The van der Waals surface area contributed by atoms with Gasteiger partial charge in [0, 0.05) is 35.1 Å². The summed E-state index contributed by atoms with van der Waals surface area (Å²) in [4.78, 5) is 29.0. The number of aromatic amines is 2. The summed E-state index contributed by atoms with van der Waals surface area (Å²) in [5, 5.41) is 23.1. The van der Waals surface area contributed by atoms with Crippen LogP contribution in [0.5, 0.6) is 5.88 Å². The molecule has 1 aliphatic heterocycles. The van der Waals surface area contributed by atoms with Crippen LogP contribution < -0.4 is 0 Å². The number of fused-ring (bicyclic) bond motifs is 1. The number of nitro benzene ring substituents is 1. The second-order valence-electron chi connectivity index (χ2n) is 10.2. The third-order valence-corrected chi connectivity index (χ3v) is 7.47. The van der Waals surface area contributed by atoms with Crippen LogP contribution in [0.15, 0.2) is 77.9 Å². The first kappa shape index (κ1) is 25.5. The molecule has 0 radical (unpaired) electrons. The number of aryl methyl sites for hydroxylation is 1. The predicted octanol–water partition coefficient (Wildman–Crippen LogP) is 6.29. The fraction of sp³-hybridized carbons (Fsp3) is 0.226. The molecule has 3 heterocycles. The molecule has 0 spiro atoms. The number of hydrogen-bond acceptors (Lipinski definition) is 6. The lowest BCUT2D eigenvalue weighted by molar-refractivity contribution is -0.384. The maximum atomic E-state index is 11.5. The van der Waals surface area contributed by atoms with E-state index in [9.17, 15) is 15.2 Å². The first-order valence-corrected chi connectivity index (χ1v) is 13.5. The maximum absolute atomic E-state index is 11.5. The van der Waals surface area contributed by atoms with E-state index < -0.39 is 4.92 Å². The summed E-state index contributed by atoms with van der Waals surface area (Å²) in [6.07, 6.45) is 5.30. The molecule has 0 atom stereocenters. The molecule has 0 bridgehead atoms. The number of aliphatic imine (C=N–C) groups is 1. The van der Waals surface area contributed by atoms with Crippen molar-refractivity contribution >= 4 is 28.0 Å². The van der Waals surface area contributed by atoms with Crippen LogP contribution in [-0.2, 0) is 6.42 Å². The first-order chi connectivity index (χ1) is 19.4. The van der Waals surface area contributed by atoms with Gasteiger partial charge in [0.1, 0.15) is 5.82 Å². The summed E-state index contributed by atoms with van der Waals surface area (Å²) in [6, 6.07) is 20.5. The molecule has 3 aromatic carbocycles. The van der Waals surface area contributed by atoms with Crippen molar-refractivity contribution in [1.82, 2.24) is 19.9 Å². The number of H-pyrrole nitrogens is 2. The number of nitro groups is 1. The van der Waals surface area contributed by atoms with Crippen LogP contribution in [-0.4, -0.2) is 55.2 Å². The van der Waals surface area contributed by atoms with Crippen molar-refractivity contribution in [2.24, 2.45) is 4.99 Å². The van der Waals surface area contributed by atoms with Crippen LogP contribution >= 0.6 is 0 Å². The van der Waals surface area contributed by atoms with Crippen LogP contribution in [0, 0.1) is 17.0 Å². The van der Waals surface area contributed by atoms with Crippen molar-refractivity contribution in [3.8, 4) is 17.1 Å². The number of imidazole rings is 1. The summed E-state index contributed by atoms with van der Waals surface area (Å²) >= 11 is 0. The van der Waals surface area contributed by atoms with Crippen molar-refractivity contribution in [3.05, 3.63) is 106 Å². The molecule has 1 saturated heterocycles. The Kier molecular flexibility index (Phi) is 6.88. The van der Waals surface area contributed by atoms with Crippen molar-refractivity contribution in [2.75, 3.05) is 19.6 Å². The minimum absolute atomic E-state index is 0.0523. The molecule has 0 amide bonds. The topological polar surface area (TPSA) is 123 Å². The molecule has 3 N–H and O–H groups in total. The van der Waals surface area contributed by atoms with Gasteiger partial charge in [-0.2, -0.15) is 0 Å². The van der Waals surface area contributed by atoms with Crippen LogP contribution in [0.1, 0.15) is 35.4 Å². The lowest BCUT2D eigenvalue weighted by atomic mass is 9.98.